The van der Waals surface area contributed by atoms with Gasteiger partial charge in [-0.05, 0) is 24.5 Å². The molecule has 1 aliphatic heterocycles. The van der Waals surface area contributed by atoms with Crippen LogP contribution in [0.15, 0.2) is 60.7 Å². The van der Waals surface area contributed by atoms with Crippen molar-refractivity contribution in [3.63, 3.8) is 0 Å². The number of halogens is 1. The first-order valence-electron chi connectivity index (χ1n) is 8.83. The predicted octanol–water partition coefficient (Wildman–Crippen LogP) is 3.35. The summed E-state index contributed by atoms with van der Waals surface area (Å²) >= 11 is 0. The van der Waals surface area contributed by atoms with E-state index in [4.69, 9.17) is 10.5 Å². The summed E-state index contributed by atoms with van der Waals surface area (Å²) in [5.74, 6) is 0.364. The molecule has 2 aromatic carbocycles. The Kier molecular flexibility index (Phi) is 7.21. The van der Waals surface area contributed by atoms with Crippen LogP contribution in [0.25, 0.3) is 0 Å². The molecule has 2 unspecified atom stereocenters. The van der Waals surface area contributed by atoms with Gasteiger partial charge in [0.25, 0.3) is 0 Å². The number of ether oxygens (including phenoxy) is 1. The van der Waals surface area contributed by atoms with Crippen molar-refractivity contribution in [1.29, 1.82) is 0 Å². The molecule has 1 heterocycles. The van der Waals surface area contributed by atoms with Crippen LogP contribution >= 0.6 is 12.4 Å². The van der Waals surface area contributed by atoms with Crippen molar-refractivity contribution in [2.75, 3.05) is 19.7 Å². The van der Waals surface area contributed by atoms with Gasteiger partial charge >= 0.3 is 0 Å². The highest BCUT2D eigenvalue weighted by Crippen LogP contribution is 2.25. The Hall–Kier alpha value is -1.88. The summed E-state index contributed by atoms with van der Waals surface area (Å²) in [6, 6.07) is 19.7. The first-order valence-corrected chi connectivity index (χ1v) is 8.83. The van der Waals surface area contributed by atoms with E-state index in [2.05, 4.69) is 12.1 Å². The predicted molar refractivity (Wildman–Crippen MR) is 106 cm³/mol. The van der Waals surface area contributed by atoms with Crippen molar-refractivity contribution >= 4 is 18.3 Å². The molecule has 4 nitrogen and oxygen atoms in total. The average Bonchev–Trinajstić information content (AvgIpc) is 3.11. The Morgan fingerprint density at radius 3 is 2.42 bits per heavy atom. The van der Waals surface area contributed by atoms with Crippen LogP contribution in [0.3, 0.4) is 0 Å². The number of hydrogen-bond acceptors (Lipinski definition) is 3. The third-order valence-corrected chi connectivity index (χ3v) is 4.86. The molecule has 0 saturated carbocycles. The molecular formula is C21H27ClN2O2. The van der Waals surface area contributed by atoms with Gasteiger partial charge in [0, 0.05) is 19.0 Å². The van der Waals surface area contributed by atoms with Crippen molar-refractivity contribution < 1.29 is 9.53 Å². The SMILES string of the molecule is CC(N)(C(=O)N1CCC(COCc2ccccc2)C1)c1ccccc1.Cl. The molecule has 0 bridgehead atoms. The van der Waals surface area contributed by atoms with Crippen LogP contribution in [0.1, 0.15) is 24.5 Å². The Bertz CT molecular complexity index is 692. The molecule has 2 N–H and O–H groups in total. The van der Waals surface area contributed by atoms with E-state index >= 15 is 0 Å². The second-order valence-corrected chi connectivity index (χ2v) is 6.97. The fourth-order valence-corrected chi connectivity index (χ4v) is 3.31. The number of carbonyl (C=O) groups excluding carboxylic acids is 1. The van der Waals surface area contributed by atoms with E-state index < -0.39 is 5.54 Å². The molecule has 0 aliphatic carbocycles. The molecule has 1 fully saturated rings. The molecular weight excluding hydrogens is 348 g/mol. The van der Waals surface area contributed by atoms with Gasteiger partial charge in [0.2, 0.25) is 5.91 Å². The van der Waals surface area contributed by atoms with Gasteiger partial charge in [-0.3, -0.25) is 4.79 Å². The Morgan fingerprint density at radius 2 is 1.77 bits per heavy atom. The van der Waals surface area contributed by atoms with E-state index in [9.17, 15) is 4.79 Å². The van der Waals surface area contributed by atoms with Crippen LogP contribution in [-0.2, 0) is 21.7 Å². The van der Waals surface area contributed by atoms with Gasteiger partial charge < -0.3 is 15.4 Å². The monoisotopic (exact) mass is 374 g/mol. The maximum absolute atomic E-state index is 12.9. The van der Waals surface area contributed by atoms with Crippen molar-refractivity contribution in [3.05, 3.63) is 71.8 Å². The second kappa shape index (κ2) is 9.17. The minimum absolute atomic E-state index is 0. The van der Waals surface area contributed by atoms with Gasteiger partial charge in [0.05, 0.1) is 13.2 Å². The molecule has 0 aromatic heterocycles. The molecule has 1 amide bonds. The van der Waals surface area contributed by atoms with E-state index in [0.29, 0.717) is 25.7 Å². The van der Waals surface area contributed by atoms with Gasteiger partial charge in [-0.15, -0.1) is 12.4 Å². The third kappa shape index (κ3) is 4.85. The van der Waals surface area contributed by atoms with E-state index in [1.165, 1.54) is 5.56 Å². The lowest BCUT2D eigenvalue weighted by atomic mass is 9.92. The Morgan fingerprint density at radius 1 is 1.15 bits per heavy atom. The zero-order chi connectivity index (χ0) is 17.7. The van der Waals surface area contributed by atoms with Gasteiger partial charge in [-0.2, -0.15) is 0 Å². The minimum Gasteiger partial charge on any atom is -0.376 e. The standard InChI is InChI=1S/C21H26N2O2.ClH/c1-21(22,19-10-6-3-7-11-19)20(24)23-13-12-18(14-23)16-25-15-17-8-4-2-5-9-17;/h2-11,18H,12-16,22H2,1H3;1H. The smallest absolute Gasteiger partial charge is 0.246 e. The zero-order valence-electron chi connectivity index (χ0n) is 15.1. The third-order valence-electron chi connectivity index (χ3n) is 4.86. The van der Waals surface area contributed by atoms with Crippen molar-refractivity contribution in [2.45, 2.75) is 25.5 Å². The first kappa shape index (κ1) is 20.4. The normalized spacial score (nSPS) is 18.8. The summed E-state index contributed by atoms with van der Waals surface area (Å²) in [5, 5.41) is 0. The lowest BCUT2D eigenvalue weighted by Crippen LogP contribution is -2.50. The summed E-state index contributed by atoms with van der Waals surface area (Å²) in [6.45, 7) is 4.55. The molecule has 0 radical (unpaired) electrons. The lowest BCUT2D eigenvalue weighted by Gasteiger charge is -2.29. The molecule has 2 atom stereocenters. The highest BCUT2D eigenvalue weighted by molar-refractivity contribution is 5.87. The number of benzene rings is 2. The molecule has 5 heteroatoms. The first-order chi connectivity index (χ1) is 12.1. The van der Waals surface area contributed by atoms with E-state index in [1.807, 2.05) is 53.4 Å². The van der Waals surface area contributed by atoms with Gasteiger partial charge in [-0.1, -0.05) is 60.7 Å². The van der Waals surface area contributed by atoms with Gasteiger partial charge in [0.1, 0.15) is 5.54 Å². The van der Waals surface area contributed by atoms with Crippen LogP contribution in [0.4, 0.5) is 0 Å². The minimum atomic E-state index is -0.985. The van der Waals surface area contributed by atoms with Crippen LogP contribution in [0.5, 0.6) is 0 Å². The average molecular weight is 375 g/mol. The Labute approximate surface area is 161 Å². The van der Waals surface area contributed by atoms with Crippen molar-refractivity contribution in [1.82, 2.24) is 4.90 Å². The largest absolute Gasteiger partial charge is 0.376 e. The van der Waals surface area contributed by atoms with E-state index in [-0.39, 0.29) is 18.3 Å². The molecule has 26 heavy (non-hydrogen) atoms. The molecule has 140 valence electrons. The molecule has 1 aliphatic rings. The Balaban J connectivity index is 0.00000243. The number of hydrogen-bond donors (Lipinski definition) is 1. The quantitative estimate of drug-likeness (QED) is 0.843. The van der Waals surface area contributed by atoms with Crippen molar-refractivity contribution in [2.24, 2.45) is 11.7 Å². The van der Waals surface area contributed by atoms with Gasteiger partial charge in [0.15, 0.2) is 0 Å². The number of amides is 1. The number of likely N-dealkylation sites (tertiary alicyclic amines) is 1. The number of carbonyl (C=O) groups is 1. The number of nitrogens with zero attached hydrogens (tertiary/aromatic N) is 1. The van der Waals surface area contributed by atoms with Crippen LogP contribution in [0, 0.1) is 5.92 Å². The second-order valence-electron chi connectivity index (χ2n) is 6.97. The molecule has 1 saturated heterocycles. The number of rotatable bonds is 6. The van der Waals surface area contributed by atoms with Crippen molar-refractivity contribution in [3.8, 4) is 0 Å². The summed E-state index contributed by atoms with van der Waals surface area (Å²) in [5.41, 5.74) is 7.40. The lowest BCUT2D eigenvalue weighted by molar-refractivity contribution is -0.135. The van der Waals surface area contributed by atoms with E-state index in [0.717, 1.165) is 18.5 Å². The number of nitrogens with two attached hydrogens (primary N) is 1. The summed E-state index contributed by atoms with van der Waals surface area (Å²) in [6.07, 6.45) is 0.964. The maximum Gasteiger partial charge on any atom is 0.246 e. The highest BCUT2D eigenvalue weighted by atomic mass is 35.5. The van der Waals surface area contributed by atoms with Crippen LogP contribution in [0.2, 0.25) is 0 Å². The van der Waals surface area contributed by atoms with Crippen LogP contribution < -0.4 is 5.73 Å². The molecule has 3 rings (SSSR count). The van der Waals surface area contributed by atoms with Gasteiger partial charge in [-0.25, -0.2) is 0 Å². The molecule has 2 aromatic rings. The maximum atomic E-state index is 12.9. The fourth-order valence-electron chi connectivity index (χ4n) is 3.31. The summed E-state index contributed by atoms with van der Waals surface area (Å²) < 4.78 is 5.83. The van der Waals surface area contributed by atoms with E-state index in [1.54, 1.807) is 6.92 Å². The van der Waals surface area contributed by atoms with Crippen LogP contribution in [-0.4, -0.2) is 30.5 Å². The summed E-state index contributed by atoms with van der Waals surface area (Å²) in [4.78, 5) is 14.7. The summed E-state index contributed by atoms with van der Waals surface area (Å²) in [7, 11) is 0. The molecule has 0 spiro atoms. The topological polar surface area (TPSA) is 55.6 Å². The fraction of sp³-hybridized carbons (Fsp3) is 0.381. The highest BCUT2D eigenvalue weighted by Gasteiger charge is 2.37. The zero-order valence-corrected chi connectivity index (χ0v) is 16.0.